The SMILES string of the molecule is CSc1c(C)nn(C)c1C. The van der Waals surface area contributed by atoms with E-state index < -0.39 is 0 Å². The Hall–Kier alpha value is -0.440. The van der Waals surface area contributed by atoms with Gasteiger partial charge in [0.1, 0.15) is 0 Å². The second kappa shape index (κ2) is 2.66. The summed E-state index contributed by atoms with van der Waals surface area (Å²) in [5.41, 5.74) is 2.39. The molecular weight excluding hydrogens is 144 g/mol. The predicted molar refractivity (Wildman–Crippen MR) is 44.5 cm³/mol. The molecule has 0 saturated heterocycles. The maximum atomic E-state index is 4.28. The van der Waals surface area contributed by atoms with Crippen LogP contribution in [-0.4, -0.2) is 16.0 Å². The molecule has 0 fully saturated rings. The van der Waals surface area contributed by atoms with Crippen LogP contribution in [0.15, 0.2) is 4.90 Å². The molecule has 56 valence electrons. The molecule has 0 unspecified atom stereocenters. The molecule has 1 heterocycles. The molecule has 10 heavy (non-hydrogen) atoms. The molecule has 0 aliphatic heterocycles. The summed E-state index contributed by atoms with van der Waals surface area (Å²) in [5.74, 6) is 0. The van der Waals surface area contributed by atoms with Gasteiger partial charge in [-0.2, -0.15) is 5.10 Å². The normalized spacial score (nSPS) is 10.4. The van der Waals surface area contributed by atoms with E-state index in [-0.39, 0.29) is 0 Å². The second-order valence-electron chi connectivity index (χ2n) is 2.33. The molecule has 1 aromatic rings. The first kappa shape index (κ1) is 7.66. The lowest BCUT2D eigenvalue weighted by Crippen LogP contribution is -1.92. The summed E-state index contributed by atoms with van der Waals surface area (Å²) in [4.78, 5) is 1.31. The van der Waals surface area contributed by atoms with E-state index in [1.54, 1.807) is 11.8 Å². The average molecular weight is 156 g/mol. The van der Waals surface area contributed by atoms with Gasteiger partial charge in [0.05, 0.1) is 10.6 Å². The van der Waals surface area contributed by atoms with Crippen LogP contribution in [0, 0.1) is 13.8 Å². The quantitative estimate of drug-likeness (QED) is 0.577. The van der Waals surface area contributed by atoms with Gasteiger partial charge in [-0.1, -0.05) is 0 Å². The zero-order valence-corrected chi connectivity index (χ0v) is 7.62. The summed E-state index contributed by atoms with van der Waals surface area (Å²) in [5, 5.41) is 4.28. The molecule has 0 bridgehead atoms. The van der Waals surface area contributed by atoms with Crippen molar-refractivity contribution in [1.82, 2.24) is 9.78 Å². The van der Waals surface area contributed by atoms with Gasteiger partial charge in [-0.05, 0) is 20.1 Å². The topological polar surface area (TPSA) is 17.8 Å². The zero-order valence-electron chi connectivity index (χ0n) is 6.80. The smallest absolute Gasteiger partial charge is 0.0732 e. The van der Waals surface area contributed by atoms with Crippen LogP contribution in [-0.2, 0) is 7.05 Å². The highest BCUT2D eigenvalue weighted by molar-refractivity contribution is 7.98. The van der Waals surface area contributed by atoms with Gasteiger partial charge < -0.3 is 0 Å². The Morgan fingerprint density at radius 3 is 2.20 bits per heavy atom. The monoisotopic (exact) mass is 156 g/mol. The summed E-state index contributed by atoms with van der Waals surface area (Å²) >= 11 is 1.76. The highest BCUT2D eigenvalue weighted by Crippen LogP contribution is 2.22. The standard InChI is InChI=1S/C7H12N2S/c1-5-7(10-4)6(2)9(3)8-5/h1-4H3. The maximum Gasteiger partial charge on any atom is 0.0732 e. The average Bonchev–Trinajstić information content (AvgIpc) is 2.09. The molecule has 0 aliphatic carbocycles. The third kappa shape index (κ3) is 1.06. The molecule has 3 heteroatoms. The first-order chi connectivity index (χ1) is 4.66. The fourth-order valence-electron chi connectivity index (χ4n) is 1.05. The van der Waals surface area contributed by atoms with Crippen LogP contribution in [0.25, 0.3) is 0 Å². The van der Waals surface area contributed by atoms with Crippen molar-refractivity contribution in [2.45, 2.75) is 18.7 Å². The lowest BCUT2D eigenvalue weighted by atomic mass is 10.4. The molecule has 0 amide bonds. The maximum absolute atomic E-state index is 4.28. The van der Waals surface area contributed by atoms with Crippen LogP contribution >= 0.6 is 11.8 Å². The zero-order chi connectivity index (χ0) is 7.72. The Bertz CT molecular complexity index is 240. The van der Waals surface area contributed by atoms with Crippen LogP contribution in [0.4, 0.5) is 0 Å². The lowest BCUT2D eigenvalue weighted by Gasteiger charge is -1.94. The lowest BCUT2D eigenvalue weighted by molar-refractivity contribution is 0.729. The minimum atomic E-state index is 1.13. The molecular formula is C7H12N2S. The fraction of sp³-hybridized carbons (Fsp3) is 0.571. The van der Waals surface area contributed by atoms with Gasteiger partial charge in [0, 0.05) is 12.7 Å². The highest BCUT2D eigenvalue weighted by atomic mass is 32.2. The number of rotatable bonds is 1. The van der Waals surface area contributed by atoms with E-state index in [9.17, 15) is 0 Å². The van der Waals surface area contributed by atoms with Crippen LogP contribution in [0.2, 0.25) is 0 Å². The van der Waals surface area contributed by atoms with Gasteiger partial charge in [-0.25, -0.2) is 0 Å². The molecule has 0 saturated carbocycles. The van der Waals surface area contributed by atoms with Crippen molar-refractivity contribution in [2.24, 2.45) is 7.05 Å². The third-order valence-corrected chi connectivity index (χ3v) is 2.65. The molecule has 0 N–H and O–H groups in total. The molecule has 0 aromatic carbocycles. The van der Waals surface area contributed by atoms with Gasteiger partial charge in [0.15, 0.2) is 0 Å². The summed E-state index contributed by atoms with van der Waals surface area (Å²) in [6.07, 6.45) is 2.08. The summed E-state index contributed by atoms with van der Waals surface area (Å²) < 4.78 is 1.92. The summed E-state index contributed by atoms with van der Waals surface area (Å²) in [7, 11) is 1.97. The van der Waals surface area contributed by atoms with Gasteiger partial charge >= 0.3 is 0 Å². The van der Waals surface area contributed by atoms with Crippen molar-refractivity contribution in [3.8, 4) is 0 Å². The Labute approximate surface area is 65.6 Å². The minimum absolute atomic E-state index is 1.13. The number of hydrogen-bond acceptors (Lipinski definition) is 2. The van der Waals surface area contributed by atoms with Crippen LogP contribution in [0.3, 0.4) is 0 Å². The third-order valence-electron chi connectivity index (χ3n) is 1.65. The number of nitrogens with zero attached hydrogens (tertiary/aromatic N) is 2. The Morgan fingerprint density at radius 1 is 1.40 bits per heavy atom. The van der Waals surface area contributed by atoms with Crippen molar-refractivity contribution in [1.29, 1.82) is 0 Å². The van der Waals surface area contributed by atoms with Crippen molar-refractivity contribution >= 4 is 11.8 Å². The van der Waals surface area contributed by atoms with Crippen molar-refractivity contribution in [3.05, 3.63) is 11.4 Å². The van der Waals surface area contributed by atoms with E-state index in [2.05, 4.69) is 18.3 Å². The van der Waals surface area contributed by atoms with Crippen LogP contribution in [0.5, 0.6) is 0 Å². The Morgan fingerprint density at radius 2 is 2.00 bits per heavy atom. The van der Waals surface area contributed by atoms with Gasteiger partial charge in [0.25, 0.3) is 0 Å². The van der Waals surface area contributed by atoms with E-state index in [1.165, 1.54) is 10.6 Å². The van der Waals surface area contributed by atoms with Crippen molar-refractivity contribution < 1.29 is 0 Å². The van der Waals surface area contributed by atoms with E-state index in [0.717, 1.165) is 5.69 Å². The number of aryl methyl sites for hydroxylation is 2. The Kier molecular flexibility index (Phi) is 2.04. The molecule has 0 atom stereocenters. The first-order valence-corrected chi connectivity index (χ1v) is 4.43. The molecule has 2 nitrogen and oxygen atoms in total. The molecule has 0 spiro atoms. The van der Waals surface area contributed by atoms with Crippen molar-refractivity contribution in [3.63, 3.8) is 0 Å². The molecule has 1 aromatic heterocycles. The summed E-state index contributed by atoms with van der Waals surface area (Å²) in [6, 6.07) is 0. The first-order valence-electron chi connectivity index (χ1n) is 3.21. The van der Waals surface area contributed by atoms with E-state index in [1.807, 2.05) is 18.7 Å². The van der Waals surface area contributed by atoms with Crippen LogP contribution in [0.1, 0.15) is 11.4 Å². The minimum Gasteiger partial charge on any atom is -0.272 e. The predicted octanol–water partition coefficient (Wildman–Crippen LogP) is 1.76. The summed E-state index contributed by atoms with van der Waals surface area (Å²) in [6.45, 7) is 4.13. The molecule has 1 rings (SSSR count). The number of hydrogen-bond donors (Lipinski definition) is 0. The van der Waals surface area contributed by atoms with Crippen LogP contribution < -0.4 is 0 Å². The van der Waals surface area contributed by atoms with E-state index >= 15 is 0 Å². The second-order valence-corrected chi connectivity index (χ2v) is 3.14. The number of aromatic nitrogens is 2. The van der Waals surface area contributed by atoms with E-state index in [4.69, 9.17) is 0 Å². The highest BCUT2D eigenvalue weighted by Gasteiger charge is 2.05. The van der Waals surface area contributed by atoms with Gasteiger partial charge in [-0.3, -0.25) is 4.68 Å². The largest absolute Gasteiger partial charge is 0.272 e. The molecule has 0 radical (unpaired) electrons. The van der Waals surface area contributed by atoms with Gasteiger partial charge in [-0.15, -0.1) is 11.8 Å². The van der Waals surface area contributed by atoms with Gasteiger partial charge in [0.2, 0.25) is 0 Å². The molecule has 0 aliphatic rings. The number of thioether (sulfide) groups is 1. The Balaban J connectivity index is 3.20. The van der Waals surface area contributed by atoms with Crippen molar-refractivity contribution in [2.75, 3.05) is 6.26 Å². The van der Waals surface area contributed by atoms with E-state index in [0.29, 0.717) is 0 Å². The fourth-order valence-corrected chi connectivity index (χ4v) is 1.81.